The number of amides is 1. The maximum atomic E-state index is 13.5. The number of benzene rings is 1. The van der Waals surface area contributed by atoms with Gasteiger partial charge in [0.2, 0.25) is 0 Å². The van der Waals surface area contributed by atoms with Crippen LogP contribution in [0.3, 0.4) is 0 Å². The molecule has 4 aromatic heterocycles. The average Bonchev–Trinajstić information content (AvgIpc) is 3.81. The van der Waals surface area contributed by atoms with E-state index in [1.54, 1.807) is 50.3 Å². The average molecular weight is 660 g/mol. The standard InChI is InChI=1S/C33H37N7O6S/c1-20-14-26(40(38-20)11-7-13-46-29-8-5-6-12-45-29)33-37-31(28(19-41)47-33)30-23-18-35-39(2)25(23)16-24(36-30)32(42)34-17-21-9-10-22(43-3)15-27(21)44-4/h9-10,14-16,18-19,29H,5-8,11-13,17H2,1-4H3,(H,34,42). The number of hydrogen-bond acceptors (Lipinski definition) is 11. The fraction of sp³-hybridized carbons (Fsp3) is 0.394. The highest BCUT2D eigenvalue weighted by Crippen LogP contribution is 2.36. The topological polar surface area (TPSA) is 145 Å². The Balaban J connectivity index is 1.26. The normalized spacial score (nSPS) is 14.8. The van der Waals surface area contributed by atoms with Gasteiger partial charge in [-0.25, -0.2) is 9.97 Å². The van der Waals surface area contributed by atoms with Gasteiger partial charge in [0.25, 0.3) is 5.91 Å². The molecule has 1 fully saturated rings. The molecule has 0 spiro atoms. The van der Waals surface area contributed by atoms with Gasteiger partial charge in [-0.2, -0.15) is 10.2 Å². The first-order valence-corrected chi connectivity index (χ1v) is 16.3. The van der Waals surface area contributed by atoms with Crippen LogP contribution in [-0.2, 0) is 29.6 Å². The Bertz CT molecular complexity index is 1890. The van der Waals surface area contributed by atoms with E-state index in [1.807, 2.05) is 23.7 Å². The monoisotopic (exact) mass is 659 g/mol. The summed E-state index contributed by atoms with van der Waals surface area (Å²) in [4.78, 5) is 35.9. The van der Waals surface area contributed by atoms with Crippen LogP contribution in [0.5, 0.6) is 11.5 Å². The van der Waals surface area contributed by atoms with Gasteiger partial charge in [0.15, 0.2) is 12.6 Å². The summed E-state index contributed by atoms with van der Waals surface area (Å²) in [6.45, 7) is 4.03. The molecule has 47 heavy (non-hydrogen) atoms. The largest absolute Gasteiger partial charge is 0.497 e. The molecule has 5 aromatic rings. The van der Waals surface area contributed by atoms with E-state index in [0.29, 0.717) is 56.8 Å². The van der Waals surface area contributed by atoms with Gasteiger partial charge >= 0.3 is 0 Å². The summed E-state index contributed by atoms with van der Waals surface area (Å²) in [5.41, 5.74) is 4.02. The lowest BCUT2D eigenvalue weighted by molar-refractivity contribution is -0.163. The van der Waals surface area contributed by atoms with Gasteiger partial charge in [0, 0.05) is 43.8 Å². The van der Waals surface area contributed by atoms with Gasteiger partial charge in [-0.3, -0.25) is 19.0 Å². The Morgan fingerprint density at radius 2 is 2.02 bits per heavy atom. The molecule has 1 aromatic carbocycles. The van der Waals surface area contributed by atoms with Crippen LogP contribution in [0.25, 0.3) is 33.0 Å². The molecule has 6 rings (SSSR count). The molecule has 5 heterocycles. The van der Waals surface area contributed by atoms with E-state index in [2.05, 4.69) is 15.5 Å². The zero-order chi connectivity index (χ0) is 32.9. The molecule has 1 aliphatic heterocycles. The van der Waals surface area contributed by atoms with Crippen molar-refractivity contribution in [1.82, 2.24) is 34.8 Å². The second kappa shape index (κ2) is 14.4. The molecule has 13 nitrogen and oxygen atoms in total. The van der Waals surface area contributed by atoms with E-state index >= 15 is 0 Å². The van der Waals surface area contributed by atoms with Crippen LogP contribution >= 0.6 is 11.3 Å². The van der Waals surface area contributed by atoms with Crippen molar-refractivity contribution in [3.05, 3.63) is 58.4 Å². The summed E-state index contributed by atoms with van der Waals surface area (Å²) < 4.78 is 25.9. The summed E-state index contributed by atoms with van der Waals surface area (Å²) in [7, 11) is 4.93. The highest BCUT2D eigenvalue weighted by atomic mass is 32.1. The molecule has 0 saturated carbocycles. The minimum atomic E-state index is -0.398. The number of carbonyl (C=O) groups excluding carboxylic acids is 2. The molecule has 1 amide bonds. The van der Waals surface area contributed by atoms with Crippen LogP contribution in [0.15, 0.2) is 36.5 Å². The minimum Gasteiger partial charge on any atom is -0.497 e. The third-order valence-corrected chi connectivity index (χ3v) is 8.98. The molecular weight excluding hydrogens is 622 g/mol. The van der Waals surface area contributed by atoms with Crippen LogP contribution in [0.2, 0.25) is 0 Å². The number of aromatic nitrogens is 6. The second-order valence-electron chi connectivity index (χ2n) is 11.2. The van der Waals surface area contributed by atoms with Crippen molar-refractivity contribution >= 4 is 34.4 Å². The SMILES string of the molecule is COc1ccc(CNC(=O)c2cc3c(cnn3C)c(-c3nc(-c4cc(C)nn4CCCOC4CCCCO4)sc3C=O)n2)c(OC)c1. The molecule has 14 heteroatoms. The van der Waals surface area contributed by atoms with Crippen molar-refractivity contribution in [2.24, 2.45) is 7.05 Å². The Hall–Kier alpha value is -4.66. The first kappa shape index (κ1) is 32.3. The van der Waals surface area contributed by atoms with Gasteiger partial charge in [-0.15, -0.1) is 11.3 Å². The first-order valence-electron chi connectivity index (χ1n) is 15.4. The highest BCUT2D eigenvalue weighted by Gasteiger charge is 2.24. The molecule has 1 saturated heterocycles. The van der Waals surface area contributed by atoms with E-state index in [9.17, 15) is 9.59 Å². The zero-order valence-corrected chi connectivity index (χ0v) is 27.6. The lowest BCUT2D eigenvalue weighted by Gasteiger charge is -2.22. The van der Waals surface area contributed by atoms with Gasteiger partial charge in [-0.05, 0) is 56.9 Å². The third kappa shape index (κ3) is 7.04. The predicted molar refractivity (Wildman–Crippen MR) is 176 cm³/mol. The fourth-order valence-corrected chi connectivity index (χ4v) is 6.46. The maximum Gasteiger partial charge on any atom is 0.270 e. The highest BCUT2D eigenvalue weighted by molar-refractivity contribution is 7.17. The number of hydrogen-bond donors (Lipinski definition) is 1. The van der Waals surface area contributed by atoms with Crippen LogP contribution in [0, 0.1) is 6.92 Å². The smallest absolute Gasteiger partial charge is 0.270 e. The van der Waals surface area contributed by atoms with Gasteiger partial charge in [0.1, 0.15) is 33.6 Å². The molecule has 0 radical (unpaired) electrons. The molecule has 0 bridgehead atoms. The van der Waals surface area contributed by atoms with Crippen LogP contribution in [0.4, 0.5) is 0 Å². The van der Waals surface area contributed by atoms with Gasteiger partial charge in [-0.1, -0.05) is 0 Å². The van der Waals surface area contributed by atoms with Crippen LogP contribution < -0.4 is 14.8 Å². The minimum absolute atomic E-state index is 0.140. The van der Waals surface area contributed by atoms with E-state index in [0.717, 1.165) is 55.5 Å². The number of fused-ring (bicyclic) bond motifs is 1. The van der Waals surface area contributed by atoms with E-state index in [1.165, 1.54) is 11.3 Å². The summed E-state index contributed by atoms with van der Waals surface area (Å²) in [6.07, 6.45) is 6.15. The first-order chi connectivity index (χ1) is 22.9. The number of aldehydes is 1. The lowest BCUT2D eigenvalue weighted by atomic mass is 10.1. The van der Waals surface area contributed by atoms with Crippen molar-refractivity contribution in [2.45, 2.75) is 52.0 Å². The van der Waals surface area contributed by atoms with E-state index in [4.69, 9.17) is 28.9 Å². The van der Waals surface area contributed by atoms with Crippen LogP contribution in [-0.4, -0.2) is 75.4 Å². The number of aryl methyl sites for hydroxylation is 3. The number of carbonyl (C=O) groups is 2. The van der Waals surface area contributed by atoms with Gasteiger partial charge < -0.3 is 24.3 Å². The third-order valence-electron chi connectivity index (χ3n) is 7.97. The van der Waals surface area contributed by atoms with Gasteiger partial charge in [0.05, 0.1) is 48.8 Å². The molecule has 1 atom stereocenters. The molecule has 0 aliphatic carbocycles. The van der Waals surface area contributed by atoms with E-state index in [-0.39, 0.29) is 18.5 Å². The number of pyridine rings is 1. The number of nitrogens with zero attached hydrogens (tertiary/aromatic N) is 6. The molecule has 1 N–H and O–H groups in total. The van der Waals surface area contributed by atoms with Crippen LogP contribution in [0.1, 0.15) is 57.1 Å². The number of methoxy groups -OCH3 is 2. The van der Waals surface area contributed by atoms with Crippen molar-refractivity contribution in [3.8, 4) is 33.6 Å². The Morgan fingerprint density at radius 3 is 2.79 bits per heavy atom. The predicted octanol–water partition coefficient (Wildman–Crippen LogP) is 4.96. The van der Waals surface area contributed by atoms with Crippen molar-refractivity contribution in [3.63, 3.8) is 0 Å². The lowest BCUT2D eigenvalue weighted by Crippen LogP contribution is -2.24. The fourth-order valence-electron chi connectivity index (χ4n) is 5.55. The summed E-state index contributed by atoms with van der Waals surface area (Å²) >= 11 is 1.26. The Morgan fingerprint density at radius 1 is 1.15 bits per heavy atom. The number of thiazole rings is 1. The summed E-state index contributed by atoms with van der Waals surface area (Å²) in [5.74, 6) is 0.839. The Labute approximate surface area is 275 Å². The number of ether oxygens (including phenoxy) is 4. The maximum absolute atomic E-state index is 13.5. The quantitative estimate of drug-likeness (QED) is 0.136. The van der Waals surface area contributed by atoms with Crippen molar-refractivity contribution < 1.29 is 28.5 Å². The molecule has 1 unspecified atom stereocenters. The summed E-state index contributed by atoms with van der Waals surface area (Å²) in [5, 5.41) is 13.3. The molecule has 1 aliphatic rings. The van der Waals surface area contributed by atoms with Crippen molar-refractivity contribution in [2.75, 3.05) is 27.4 Å². The van der Waals surface area contributed by atoms with E-state index < -0.39 is 5.91 Å². The zero-order valence-electron chi connectivity index (χ0n) is 26.8. The number of nitrogens with one attached hydrogen (secondary N) is 1. The molecular formula is C33H37N7O6S. The Kier molecular flexibility index (Phi) is 9.90. The van der Waals surface area contributed by atoms with Crippen molar-refractivity contribution in [1.29, 1.82) is 0 Å². The number of rotatable bonds is 13. The second-order valence-corrected chi connectivity index (χ2v) is 12.2. The molecule has 246 valence electrons. The summed E-state index contributed by atoms with van der Waals surface area (Å²) in [6, 6.07) is 9.02.